The molecule has 1 aliphatic carbocycles. The van der Waals surface area contributed by atoms with Gasteiger partial charge in [-0.15, -0.1) is 0 Å². The molecule has 0 bridgehead atoms. The molecule has 160 valence electrons. The first-order valence-corrected chi connectivity index (χ1v) is 9.66. The SMILES string of the molecule is CCOC(=O)CCC(=O)OC1C(OC)C2OC(C)(C)OC2C2OC(C)(C)OC12. The molecule has 28 heavy (non-hydrogen) atoms. The quantitative estimate of drug-likeness (QED) is 0.609. The fraction of sp³-hybridized carbons (Fsp3) is 0.895. The van der Waals surface area contributed by atoms with Gasteiger partial charge in [0, 0.05) is 7.11 Å². The fourth-order valence-electron chi connectivity index (χ4n) is 4.07. The highest BCUT2D eigenvalue weighted by molar-refractivity contribution is 5.77. The molecule has 3 rings (SSSR count). The first-order valence-electron chi connectivity index (χ1n) is 9.66. The minimum absolute atomic E-state index is 0.0489. The third-order valence-electron chi connectivity index (χ3n) is 5.00. The molecule has 3 fully saturated rings. The lowest BCUT2D eigenvalue weighted by Gasteiger charge is -2.41. The average Bonchev–Trinajstić information content (AvgIpc) is 3.08. The van der Waals surface area contributed by atoms with Gasteiger partial charge >= 0.3 is 11.9 Å². The number of fused-ring (bicyclic) bond motifs is 3. The van der Waals surface area contributed by atoms with E-state index in [1.54, 1.807) is 20.8 Å². The summed E-state index contributed by atoms with van der Waals surface area (Å²) in [4.78, 5) is 23.9. The molecule has 6 atom stereocenters. The molecule has 2 saturated heterocycles. The molecular formula is C19H30O9. The maximum Gasteiger partial charge on any atom is 0.306 e. The fourth-order valence-corrected chi connectivity index (χ4v) is 4.07. The van der Waals surface area contributed by atoms with E-state index in [-0.39, 0.29) is 19.4 Å². The zero-order chi connectivity index (χ0) is 20.7. The van der Waals surface area contributed by atoms with Crippen LogP contribution < -0.4 is 0 Å². The van der Waals surface area contributed by atoms with Crippen LogP contribution in [0, 0.1) is 0 Å². The Labute approximate surface area is 164 Å². The molecule has 0 aromatic carbocycles. The largest absolute Gasteiger partial charge is 0.466 e. The van der Waals surface area contributed by atoms with E-state index in [2.05, 4.69) is 0 Å². The van der Waals surface area contributed by atoms with Crippen molar-refractivity contribution in [1.29, 1.82) is 0 Å². The van der Waals surface area contributed by atoms with Crippen molar-refractivity contribution in [3.8, 4) is 0 Å². The van der Waals surface area contributed by atoms with Crippen molar-refractivity contribution in [2.75, 3.05) is 13.7 Å². The summed E-state index contributed by atoms with van der Waals surface area (Å²) in [5, 5.41) is 0. The van der Waals surface area contributed by atoms with E-state index < -0.39 is 60.1 Å². The van der Waals surface area contributed by atoms with E-state index in [1.807, 2.05) is 13.8 Å². The van der Waals surface area contributed by atoms with Crippen LogP contribution in [0.15, 0.2) is 0 Å². The van der Waals surface area contributed by atoms with Crippen molar-refractivity contribution < 1.29 is 42.7 Å². The predicted octanol–water partition coefficient (Wildman–Crippen LogP) is 1.31. The number of carbonyl (C=O) groups excluding carboxylic acids is 2. The van der Waals surface area contributed by atoms with E-state index in [1.165, 1.54) is 7.11 Å². The van der Waals surface area contributed by atoms with E-state index in [0.717, 1.165) is 0 Å². The highest BCUT2D eigenvalue weighted by Gasteiger charge is 2.65. The van der Waals surface area contributed by atoms with E-state index in [0.29, 0.717) is 0 Å². The second kappa shape index (κ2) is 7.87. The molecule has 9 heteroatoms. The van der Waals surface area contributed by atoms with Crippen molar-refractivity contribution >= 4 is 11.9 Å². The van der Waals surface area contributed by atoms with Crippen molar-refractivity contribution in [2.45, 2.75) is 95.7 Å². The van der Waals surface area contributed by atoms with Crippen LogP contribution in [-0.2, 0) is 42.7 Å². The molecule has 0 radical (unpaired) electrons. The first kappa shape index (κ1) is 21.4. The summed E-state index contributed by atoms with van der Waals surface area (Å²) in [6, 6.07) is 0. The van der Waals surface area contributed by atoms with Gasteiger partial charge in [-0.05, 0) is 34.6 Å². The summed E-state index contributed by atoms with van der Waals surface area (Å²) in [6.45, 7) is 9.19. The van der Waals surface area contributed by atoms with Crippen LogP contribution in [0.2, 0.25) is 0 Å². The van der Waals surface area contributed by atoms with Gasteiger partial charge in [0.25, 0.3) is 0 Å². The lowest BCUT2D eigenvalue weighted by Crippen LogP contribution is -2.63. The number of esters is 2. The molecule has 0 aromatic heterocycles. The number of methoxy groups -OCH3 is 1. The van der Waals surface area contributed by atoms with Crippen molar-refractivity contribution in [1.82, 2.24) is 0 Å². The van der Waals surface area contributed by atoms with Crippen LogP contribution in [0.4, 0.5) is 0 Å². The number of carbonyl (C=O) groups is 2. The van der Waals surface area contributed by atoms with Crippen LogP contribution in [-0.4, -0.2) is 73.9 Å². The predicted molar refractivity (Wildman–Crippen MR) is 94.2 cm³/mol. The summed E-state index contributed by atoms with van der Waals surface area (Å²) in [7, 11) is 1.52. The average molecular weight is 402 g/mol. The Morgan fingerprint density at radius 1 is 0.786 bits per heavy atom. The standard InChI is InChI=1S/C19H30O9/c1-7-23-10(20)8-9-11(21)24-13-12(22-6)14-16(27-18(2,3)25-14)17-15(13)26-19(4,5)28-17/h12-17H,7-9H2,1-6H3. The Balaban J connectivity index is 1.76. The number of hydrogen-bond donors (Lipinski definition) is 0. The van der Waals surface area contributed by atoms with E-state index in [9.17, 15) is 9.59 Å². The van der Waals surface area contributed by atoms with Gasteiger partial charge in [0.05, 0.1) is 19.4 Å². The normalized spacial score (nSPS) is 37.8. The van der Waals surface area contributed by atoms with Crippen LogP contribution in [0.5, 0.6) is 0 Å². The Morgan fingerprint density at radius 2 is 1.25 bits per heavy atom. The van der Waals surface area contributed by atoms with Gasteiger partial charge in [-0.2, -0.15) is 0 Å². The number of hydrogen-bond acceptors (Lipinski definition) is 9. The van der Waals surface area contributed by atoms with Gasteiger partial charge in [-0.3, -0.25) is 9.59 Å². The molecule has 1 saturated carbocycles. The van der Waals surface area contributed by atoms with Crippen LogP contribution in [0.25, 0.3) is 0 Å². The monoisotopic (exact) mass is 402 g/mol. The van der Waals surface area contributed by atoms with E-state index in [4.69, 9.17) is 33.2 Å². The smallest absolute Gasteiger partial charge is 0.306 e. The molecule has 0 amide bonds. The van der Waals surface area contributed by atoms with Crippen molar-refractivity contribution in [2.24, 2.45) is 0 Å². The molecule has 2 heterocycles. The topological polar surface area (TPSA) is 98.8 Å². The van der Waals surface area contributed by atoms with Crippen molar-refractivity contribution in [3.63, 3.8) is 0 Å². The summed E-state index contributed by atoms with van der Waals surface area (Å²) < 4.78 is 40.3. The Bertz CT molecular complexity index is 602. The van der Waals surface area contributed by atoms with Crippen molar-refractivity contribution in [3.05, 3.63) is 0 Å². The molecule has 6 unspecified atom stereocenters. The Kier molecular flexibility index (Phi) is 6.03. The van der Waals surface area contributed by atoms with Gasteiger partial charge in [0.1, 0.15) is 30.5 Å². The summed E-state index contributed by atoms with van der Waals surface area (Å²) >= 11 is 0. The van der Waals surface area contributed by atoms with E-state index >= 15 is 0 Å². The second-order valence-electron chi connectivity index (χ2n) is 8.09. The minimum Gasteiger partial charge on any atom is -0.466 e. The van der Waals surface area contributed by atoms with Gasteiger partial charge < -0.3 is 33.2 Å². The third kappa shape index (κ3) is 4.33. The zero-order valence-electron chi connectivity index (χ0n) is 17.3. The maximum atomic E-state index is 12.4. The summed E-state index contributed by atoms with van der Waals surface area (Å²) in [5.41, 5.74) is 0. The van der Waals surface area contributed by atoms with Gasteiger partial charge in [-0.1, -0.05) is 0 Å². The second-order valence-corrected chi connectivity index (χ2v) is 8.09. The number of ether oxygens (including phenoxy) is 7. The van der Waals surface area contributed by atoms with Crippen LogP contribution in [0.3, 0.4) is 0 Å². The minimum atomic E-state index is -0.867. The molecule has 9 nitrogen and oxygen atoms in total. The molecule has 0 spiro atoms. The molecule has 0 N–H and O–H groups in total. The zero-order valence-corrected chi connectivity index (χ0v) is 17.3. The highest BCUT2D eigenvalue weighted by atomic mass is 16.8. The van der Waals surface area contributed by atoms with Crippen LogP contribution in [0.1, 0.15) is 47.5 Å². The molecule has 3 aliphatic rings. The Morgan fingerprint density at radius 3 is 1.75 bits per heavy atom. The van der Waals surface area contributed by atoms with Gasteiger partial charge in [-0.25, -0.2) is 0 Å². The molecular weight excluding hydrogens is 372 g/mol. The first-order chi connectivity index (χ1) is 13.1. The van der Waals surface area contributed by atoms with Gasteiger partial charge in [0.15, 0.2) is 17.7 Å². The maximum absolute atomic E-state index is 12.4. The van der Waals surface area contributed by atoms with Gasteiger partial charge in [0.2, 0.25) is 0 Å². The summed E-state index contributed by atoms with van der Waals surface area (Å²) in [6.07, 6.45) is -3.46. The summed E-state index contributed by atoms with van der Waals surface area (Å²) in [5.74, 6) is -2.67. The molecule has 2 aliphatic heterocycles. The highest BCUT2D eigenvalue weighted by Crippen LogP contribution is 2.46. The Hall–Kier alpha value is -1.26. The molecule has 0 aromatic rings. The lowest BCUT2D eigenvalue weighted by atomic mass is 9.84. The third-order valence-corrected chi connectivity index (χ3v) is 5.00. The lowest BCUT2D eigenvalue weighted by molar-refractivity contribution is -0.204. The van der Waals surface area contributed by atoms with Crippen LogP contribution >= 0.6 is 0 Å². The number of rotatable bonds is 6.